The van der Waals surface area contributed by atoms with Gasteiger partial charge in [-0.15, -0.1) is 0 Å². The van der Waals surface area contributed by atoms with Crippen LogP contribution in [0.2, 0.25) is 0 Å². The molecule has 1 aromatic heterocycles. The third-order valence-corrected chi connectivity index (χ3v) is 1.10. The van der Waals surface area contributed by atoms with Crippen LogP contribution in [-0.2, 0) is 0 Å². The highest BCUT2D eigenvalue weighted by Crippen LogP contribution is 2.00. The Bertz CT molecular complexity index is 161. The van der Waals surface area contributed by atoms with Crippen molar-refractivity contribution in [3.63, 3.8) is 0 Å². The van der Waals surface area contributed by atoms with Gasteiger partial charge in [0.2, 0.25) is 0 Å². The zero-order valence-corrected chi connectivity index (χ0v) is 9.61. The molecule has 0 spiro atoms. The van der Waals surface area contributed by atoms with Gasteiger partial charge in [-0.25, -0.2) is 4.98 Å². The third kappa shape index (κ3) is 7.09. The van der Waals surface area contributed by atoms with Crippen LogP contribution in [-0.4, -0.2) is 23.1 Å². The summed E-state index contributed by atoms with van der Waals surface area (Å²) in [5.74, 6) is 0. The van der Waals surface area contributed by atoms with Gasteiger partial charge in [0.15, 0.2) is 0 Å². The number of rotatable bonds is 0. The Balaban J connectivity index is 0.000000236. The summed E-state index contributed by atoms with van der Waals surface area (Å²) >= 11 is 2.56. The second-order valence-electron chi connectivity index (χ2n) is 1.25. The Morgan fingerprint density at radius 1 is 1.40 bits per heavy atom. The molecule has 0 saturated heterocycles. The maximum Gasteiger partial charge on any atom is 0.618 e. The van der Waals surface area contributed by atoms with Crippen molar-refractivity contribution in [3.8, 4) is 0 Å². The van der Waals surface area contributed by atoms with E-state index in [4.69, 9.17) is 18.1 Å². The Morgan fingerprint density at radius 3 is 2.20 bits per heavy atom. The van der Waals surface area contributed by atoms with E-state index >= 15 is 0 Å². The van der Waals surface area contributed by atoms with Crippen molar-refractivity contribution in [1.29, 1.82) is 0 Å². The summed E-state index contributed by atoms with van der Waals surface area (Å²) in [6.45, 7) is 0. The van der Waals surface area contributed by atoms with Crippen molar-refractivity contribution in [1.82, 2.24) is 4.98 Å². The molecule has 0 radical (unpaired) electrons. The average Bonchev–Trinajstić information content (AvgIpc) is 1.91. The van der Waals surface area contributed by atoms with Crippen LogP contribution in [0.4, 0.5) is 0 Å². The largest absolute Gasteiger partial charge is 0.618 e. The quantitative estimate of drug-likeness (QED) is 0.512. The van der Waals surface area contributed by atoms with Gasteiger partial charge in [0.25, 0.3) is 0 Å². The van der Waals surface area contributed by atoms with Crippen molar-refractivity contribution in [2.45, 2.75) is 0 Å². The zero-order valence-electron chi connectivity index (χ0n) is 5.10. The summed E-state index contributed by atoms with van der Waals surface area (Å²) in [6, 6.07) is 5.70. The Kier molecular flexibility index (Phi) is 8.86. The van der Waals surface area contributed by atoms with E-state index in [9.17, 15) is 0 Å². The Labute approximate surface area is 85.5 Å². The van der Waals surface area contributed by atoms with Gasteiger partial charge in [-0.3, -0.25) is 0 Å². The highest BCUT2D eigenvalue weighted by Gasteiger charge is 1.75. The molecule has 1 heterocycles. The molecule has 0 aliphatic rings. The van der Waals surface area contributed by atoms with Gasteiger partial charge >= 0.3 is 18.2 Å². The van der Waals surface area contributed by atoms with Crippen molar-refractivity contribution in [2.75, 3.05) is 0 Å². The first-order valence-electron chi connectivity index (χ1n) is 2.49. The highest BCUT2D eigenvalue weighted by atomic mass is 79.9. The maximum atomic E-state index is 4.90. The minimum Gasteiger partial charge on any atom is -0.309 e. The second kappa shape index (κ2) is 8.08. The van der Waals surface area contributed by atoms with Crippen LogP contribution in [0.3, 0.4) is 0 Å². The fraction of sp³-hybridized carbons (Fsp3) is 0. The molecule has 1 nitrogen and oxygen atoms in total. The molecular weight excluding hydrogens is 249 g/mol. The topological polar surface area (TPSA) is 12.9 Å². The van der Waals surface area contributed by atoms with Crippen LogP contribution < -0.4 is 0 Å². The van der Waals surface area contributed by atoms with Crippen LogP contribution in [0.15, 0.2) is 29.0 Å². The lowest BCUT2D eigenvalue weighted by Crippen LogP contribution is -1.66. The van der Waals surface area contributed by atoms with Crippen LogP contribution in [0.1, 0.15) is 0 Å². The van der Waals surface area contributed by atoms with E-state index in [1.54, 1.807) is 6.20 Å². The summed E-state index contributed by atoms with van der Waals surface area (Å²) in [5.41, 5.74) is 0. The van der Waals surface area contributed by atoms with Gasteiger partial charge in [0.05, 0.1) is 0 Å². The van der Waals surface area contributed by atoms with Crippen molar-refractivity contribution < 1.29 is 0 Å². The number of aromatic nitrogens is 1. The molecule has 0 N–H and O–H groups in total. The van der Waals surface area contributed by atoms with Crippen LogP contribution >= 0.6 is 34.1 Å². The molecule has 0 unspecified atom stereocenters. The van der Waals surface area contributed by atoms with E-state index < -0.39 is 18.2 Å². The normalized spacial score (nSPS) is 7.10. The molecule has 0 aliphatic carbocycles. The maximum absolute atomic E-state index is 4.90. The Hall–Kier alpha value is 0.976. The van der Waals surface area contributed by atoms with Crippen LogP contribution in [0.5, 0.6) is 0 Å². The predicted molar refractivity (Wildman–Crippen MR) is 49.4 cm³/mol. The molecule has 5 heteroatoms. The molecule has 1 aromatic rings. The van der Waals surface area contributed by atoms with Gasteiger partial charge < -0.3 is 18.1 Å². The lowest BCUT2D eigenvalue weighted by Gasteiger charge is -1.80. The first kappa shape index (κ1) is 11.0. The minimum absolute atomic E-state index is 0.639. The molecule has 0 aliphatic heterocycles. The van der Waals surface area contributed by atoms with Gasteiger partial charge in [0, 0.05) is 6.20 Å². The number of hydrogen-bond acceptors (Lipinski definition) is 1. The summed E-state index contributed by atoms with van der Waals surface area (Å²) in [4.78, 5) is 3.90. The van der Waals surface area contributed by atoms with E-state index in [-0.39, 0.29) is 0 Å². The Morgan fingerprint density at radius 2 is 2.00 bits per heavy atom. The predicted octanol–water partition coefficient (Wildman–Crippen LogP) is 2.84. The van der Waals surface area contributed by atoms with E-state index in [1.807, 2.05) is 18.2 Å². The number of pyridine rings is 1. The fourth-order valence-corrected chi connectivity index (χ4v) is 0.613. The summed E-state index contributed by atoms with van der Waals surface area (Å²) in [5, 5.41) is 0. The molecule has 10 heavy (non-hydrogen) atoms. The molecule has 52 valence electrons. The van der Waals surface area contributed by atoms with Crippen molar-refractivity contribution >= 4 is 52.2 Å². The minimum atomic E-state index is -0.639. The van der Waals surface area contributed by atoms with Gasteiger partial charge in [-0.05, 0) is 28.1 Å². The smallest absolute Gasteiger partial charge is 0.309 e. The van der Waals surface area contributed by atoms with E-state index in [1.165, 1.54) is 0 Å². The monoisotopic (exact) mass is 251 g/mol. The molecule has 0 aromatic carbocycles. The molecule has 0 bridgehead atoms. The van der Waals surface area contributed by atoms with Gasteiger partial charge in [-0.2, -0.15) is 0 Å². The SMILES string of the molecule is Brc1ccccn1.[Cl][Mg][Cl]. The molecule has 0 atom stereocenters. The van der Waals surface area contributed by atoms with E-state index in [0.717, 1.165) is 4.60 Å². The highest BCUT2D eigenvalue weighted by molar-refractivity contribution is 9.10. The van der Waals surface area contributed by atoms with Crippen LogP contribution in [0, 0.1) is 0 Å². The molecule has 0 fully saturated rings. The fourth-order valence-electron chi connectivity index (χ4n) is 0.342. The summed E-state index contributed by atoms with van der Waals surface area (Å²) in [6.07, 6.45) is 1.74. The summed E-state index contributed by atoms with van der Waals surface area (Å²) in [7, 11) is 9.81. The van der Waals surface area contributed by atoms with Gasteiger partial charge in [0.1, 0.15) is 4.60 Å². The zero-order chi connectivity index (χ0) is 7.82. The second-order valence-corrected chi connectivity index (χ2v) is 4.69. The first-order valence-corrected chi connectivity index (χ1v) is 7.56. The lowest BCUT2D eigenvalue weighted by molar-refractivity contribution is 1.28. The first-order chi connectivity index (χ1) is 4.81. The standard InChI is InChI=1S/C5H4BrN.2ClH.Mg/c6-5-3-1-2-4-7-5;;;/h1-4H;2*1H;/q;;;+2/p-2. The number of halogens is 3. The number of nitrogens with zero attached hydrogens (tertiary/aromatic N) is 1. The van der Waals surface area contributed by atoms with Crippen molar-refractivity contribution in [3.05, 3.63) is 29.0 Å². The van der Waals surface area contributed by atoms with E-state index in [0.29, 0.717) is 0 Å². The number of hydrogen-bond donors (Lipinski definition) is 0. The van der Waals surface area contributed by atoms with Crippen molar-refractivity contribution in [2.24, 2.45) is 0 Å². The average molecular weight is 253 g/mol. The third-order valence-electron chi connectivity index (χ3n) is 0.629. The summed E-state index contributed by atoms with van der Waals surface area (Å²) < 4.78 is 0.884. The molecule has 0 amide bonds. The molecule has 0 saturated carbocycles. The van der Waals surface area contributed by atoms with Gasteiger partial charge in [-0.1, -0.05) is 6.07 Å². The lowest BCUT2D eigenvalue weighted by atomic mass is 10.5. The van der Waals surface area contributed by atoms with Crippen LogP contribution in [0.25, 0.3) is 0 Å². The van der Waals surface area contributed by atoms with E-state index in [2.05, 4.69) is 20.9 Å². The molecular formula is C5H4BrCl2MgN. The molecule has 1 rings (SSSR count).